The summed E-state index contributed by atoms with van der Waals surface area (Å²) < 4.78 is 7.75. The number of aliphatic hydroxyl groups is 1. The summed E-state index contributed by atoms with van der Waals surface area (Å²) in [4.78, 5) is 14.2. The fourth-order valence-corrected chi connectivity index (χ4v) is 5.91. The molecule has 0 radical (unpaired) electrons. The quantitative estimate of drug-likeness (QED) is 0.643. The summed E-state index contributed by atoms with van der Waals surface area (Å²) in [6.07, 6.45) is 5.60. The lowest BCUT2D eigenvalue weighted by atomic mass is 9.86. The van der Waals surface area contributed by atoms with Crippen molar-refractivity contribution in [1.29, 1.82) is 0 Å². The van der Waals surface area contributed by atoms with Crippen LogP contribution in [-0.2, 0) is 4.74 Å². The lowest BCUT2D eigenvalue weighted by molar-refractivity contribution is 0.0988. The molecule has 33 heavy (non-hydrogen) atoms. The number of rotatable bonds is 5. The Labute approximate surface area is 194 Å². The van der Waals surface area contributed by atoms with Crippen molar-refractivity contribution < 1.29 is 9.84 Å². The van der Waals surface area contributed by atoms with Crippen LogP contribution in [0.15, 0.2) is 24.4 Å². The van der Waals surface area contributed by atoms with Gasteiger partial charge in [0.25, 0.3) is 0 Å². The summed E-state index contributed by atoms with van der Waals surface area (Å²) in [5, 5.41) is 15.1. The minimum absolute atomic E-state index is 0.237. The zero-order valence-electron chi connectivity index (χ0n) is 19.4. The van der Waals surface area contributed by atoms with E-state index < -0.39 is 0 Å². The maximum Gasteiger partial charge on any atom is 0.159 e. The first-order chi connectivity index (χ1) is 16.1. The van der Waals surface area contributed by atoms with Crippen molar-refractivity contribution in [3.8, 4) is 5.82 Å². The maximum absolute atomic E-state index is 9.25. The number of nitrogens with zero attached hydrogens (tertiary/aromatic N) is 6. The van der Waals surface area contributed by atoms with Crippen LogP contribution in [0, 0.1) is 13.8 Å². The van der Waals surface area contributed by atoms with Crippen LogP contribution in [0.25, 0.3) is 16.7 Å². The van der Waals surface area contributed by atoms with E-state index in [4.69, 9.17) is 19.8 Å². The van der Waals surface area contributed by atoms with Gasteiger partial charge in [0.1, 0.15) is 11.6 Å². The van der Waals surface area contributed by atoms with Crippen molar-refractivity contribution >= 4 is 16.7 Å². The van der Waals surface area contributed by atoms with E-state index in [2.05, 4.69) is 34.9 Å². The molecule has 1 aromatic carbocycles. The Hall–Kier alpha value is -2.55. The summed E-state index contributed by atoms with van der Waals surface area (Å²) in [7, 11) is 0. The van der Waals surface area contributed by atoms with Gasteiger partial charge in [0.2, 0.25) is 0 Å². The normalized spacial score (nSPS) is 23.8. The van der Waals surface area contributed by atoms with E-state index in [1.807, 2.05) is 17.8 Å². The monoisotopic (exact) mass is 448 g/mol. The molecule has 8 nitrogen and oxygen atoms in total. The van der Waals surface area contributed by atoms with Gasteiger partial charge in [-0.1, -0.05) is 0 Å². The molecule has 2 unspecified atom stereocenters. The fourth-order valence-electron chi connectivity index (χ4n) is 5.91. The van der Waals surface area contributed by atoms with Gasteiger partial charge >= 0.3 is 0 Å². The molecule has 3 aliphatic heterocycles. The summed E-state index contributed by atoms with van der Waals surface area (Å²) in [6, 6.07) is 7.08. The summed E-state index contributed by atoms with van der Waals surface area (Å²) in [5.74, 6) is 3.10. The standard InChI is InChI=1S/C25H32N6O2/c1-16-9-19-13-26-31(23(19)11-22(16)18-3-5-29(6-4-18)7-8-32)25-12-24(27-17(2)28-25)30-14-21-10-20(30)15-33-21/h9,11-13,18,20-21,32H,3-8,10,14-15H2,1-2H3. The van der Waals surface area contributed by atoms with Crippen molar-refractivity contribution in [2.24, 2.45) is 0 Å². The van der Waals surface area contributed by atoms with E-state index in [0.29, 0.717) is 18.1 Å². The molecule has 3 aromatic rings. The van der Waals surface area contributed by atoms with E-state index >= 15 is 0 Å². The Balaban J connectivity index is 1.34. The Morgan fingerprint density at radius 2 is 1.91 bits per heavy atom. The Kier molecular flexibility index (Phi) is 5.31. The fraction of sp³-hybridized carbons (Fsp3) is 0.560. The Bertz CT molecular complexity index is 1170. The molecule has 2 bridgehead atoms. The summed E-state index contributed by atoms with van der Waals surface area (Å²) in [5.41, 5.74) is 3.84. The number of ether oxygens (including phenoxy) is 1. The highest BCUT2D eigenvalue weighted by atomic mass is 16.5. The number of hydrogen-bond acceptors (Lipinski definition) is 7. The topological polar surface area (TPSA) is 79.5 Å². The highest BCUT2D eigenvalue weighted by molar-refractivity contribution is 5.82. The lowest BCUT2D eigenvalue weighted by Gasteiger charge is -2.32. The van der Waals surface area contributed by atoms with Gasteiger partial charge in [-0.05, 0) is 75.4 Å². The number of benzene rings is 1. The number of anilines is 1. The number of β-amino-alcohol motifs (C(OH)–C–C–N with tert-alkyl or cyclic N) is 1. The molecule has 5 heterocycles. The second kappa shape index (κ2) is 8.34. The largest absolute Gasteiger partial charge is 0.395 e. The zero-order chi connectivity index (χ0) is 22.5. The average molecular weight is 449 g/mol. The molecule has 2 atom stereocenters. The molecule has 3 fully saturated rings. The van der Waals surface area contributed by atoms with E-state index in [0.717, 1.165) is 80.4 Å². The molecule has 0 aliphatic carbocycles. The summed E-state index contributed by atoms with van der Waals surface area (Å²) in [6.45, 7) is 8.95. The van der Waals surface area contributed by atoms with Crippen LogP contribution in [0.4, 0.5) is 5.82 Å². The number of aryl methyl sites for hydroxylation is 2. The average Bonchev–Trinajstić information content (AvgIpc) is 3.55. The molecule has 8 heteroatoms. The third-order valence-corrected chi connectivity index (χ3v) is 7.62. The number of fused-ring (bicyclic) bond motifs is 3. The first-order valence-corrected chi connectivity index (χ1v) is 12.1. The number of hydrogen-bond donors (Lipinski definition) is 1. The number of aliphatic hydroxyl groups excluding tert-OH is 1. The third kappa shape index (κ3) is 3.80. The van der Waals surface area contributed by atoms with Crippen LogP contribution in [0.2, 0.25) is 0 Å². The van der Waals surface area contributed by atoms with Crippen LogP contribution in [0.3, 0.4) is 0 Å². The molecule has 0 spiro atoms. The van der Waals surface area contributed by atoms with E-state index in [-0.39, 0.29) is 6.61 Å². The maximum atomic E-state index is 9.25. The second-order valence-corrected chi connectivity index (χ2v) is 9.79. The SMILES string of the molecule is Cc1nc(N2CC3CC2CO3)cc(-n2ncc3cc(C)c(C4CCN(CCO)CC4)cc32)n1. The van der Waals surface area contributed by atoms with Gasteiger partial charge in [-0.25, -0.2) is 14.6 Å². The van der Waals surface area contributed by atoms with Crippen LogP contribution >= 0.6 is 0 Å². The van der Waals surface area contributed by atoms with Gasteiger partial charge in [-0.3, -0.25) is 0 Å². The zero-order valence-corrected chi connectivity index (χ0v) is 19.4. The van der Waals surface area contributed by atoms with Crippen LogP contribution in [-0.4, -0.2) is 81.3 Å². The molecule has 2 aromatic heterocycles. The van der Waals surface area contributed by atoms with Gasteiger partial charge in [-0.2, -0.15) is 5.10 Å². The van der Waals surface area contributed by atoms with Crippen molar-refractivity contribution in [3.05, 3.63) is 41.3 Å². The van der Waals surface area contributed by atoms with Gasteiger partial charge < -0.3 is 19.6 Å². The molecule has 3 aliphatic rings. The minimum atomic E-state index is 0.237. The van der Waals surface area contributed by atoms with Crippen LogP contribution < -0.4 is 4.90 Å². The van der Waals surface area contributed by atoms with Crippen LogP contribution in [0.5, 0.6) is 0 Å². The summed E-state index contributed by atoms with van der Waals surface area (Å²) >= 11 is 0. The molecule has 0 amide bonds. The van der Waals surface area contributed by atoms with Crippen LogP contribution in [0.1, 0.15) is 42.1 Å². The molecule has 1 N–H and O–H groups in total. The molecule has 6 rings (SSSR count). The molecule has 3 saturated heterocycles. The van der Waals surface area contributed by atoms with Crippen molar-refractivity contribution in [3.63, 3.8) is 0 Å². The van der Waals surface area contributed by atoms with Gasteiger partial charge in [0.05, 0.1) is 37.1 Å². The molecular weight excluding hydrogens is 416 g/mol. The van der Waals surface area contributed by atoms with Gasteiger partial charge in [0.15, 0.2) is 5.82 Å². The second-order valence-electron chi connectivity index (χ2n) is 9.79. The van der Waals surface area contributed by atoms with Gasteiger partial charge in [0, 0.05) is 24.5 Å². The van der Waals surface area contributed by atoms with E-state index in [1.165, 1.54) is 11.1 Å². The predicted molar refractivity (Wildman–Crippen MR) is 127 cm³/mol. The molecule has 174 valence electrons. The molecular formula is C25H32N6O2. The smallest absolute Gasteiger partial charge is 0.159 e. The van der Waals surface area contributed by atoms with Gasteiger partial charge in [-0.15, -0.1) is 0 Å². The van der Waals surface area contributed by atoms with E-state index in [1.54, 1.807) is 0 Å². The van der Waals surface area contributed by atoms with Crippen molar-refractivity contribution in [1.82, 2.24) is 24.6 Å². The highest BCUT2D eigenvalue weighted by Gasteiger charge is 2.39. The van der Waals surface area contributed by atoms with Crippen molar-refractivity contribution in [2.75, 3.05) is 44.3 Å². The highest BCUT2D eigenvalue weighted by Crippen LogP contribution is 2.35. The Morgan fingerprint density at radius 1 is 1.09 bits per heavy atom. The number of aromatic nitrogens is 4. The van der Waals surface area contributed by atoms with E-state index in [9.17, 15) is 5.11 Å². The van der Waals surface area contributed by atoms with Crippen molar-refractivity contribution in [2.45, 2.75) is 51.2 Å². The number of likely N-dealkylation sites (tertiary alicyclic amines) is 1. The minimum Gasteiger partial charge on any atom is -0.395 e. The first kappa shape index (κ1) is 21.0. The number of piperidine rings is 1. The lowest BCUT2D eigenvalue weighted by Crippen LogP contribution is -2.37. The first-order valence-electron chi connectivity index (χ1n) is 12.1. The molecule has 0 saturated carbocycles. The third-order valence-electron chi connectivity index (χ3n) is 7.62. The Morgan fingerprint density at radius 3 is 2.64 bits per heavy atom. The number of morpholine rings is 1. The predicted octanol–water partition coefficient (Wildman–Crippen LogP) is 2.58.